The molecule has 33 heavy (non-hydrogen) atoms. The van der Waals surface area contributed by atoms with Gasteiger partial charge in [-0.05, 0) is 69.2 Å². The minimum Gasteiger partial charge on any atom is -0.489 e. The quantitative estimate of drug-likeness (QED) is 0.513. The lowest BCUT2D eigenvalue weighted by molar-refractivity contribution is -0.119. The number of esters is 1. The van der Waals surface area contributed by atoms with Crippen molar-refractivity contribution in [2.24, 2.45) is 0 Å². The van der Waals surface area contributed by atoms with Crippen molar-refractivity contribution in [3.05, 3.63) is 71.1 Å². The fourth-order valence-electron chi connectivity index (χ4n) is 3.72. The van der Waals surface area contributed by atoms with Crippen molar-refractivity contribution >= 4 is 23.3 Å². The Morgan fingerprint density at radius 2 is 1.85 bits per heavy atom. The highest BCUT2D eigenvalue weighted by molar-refractivity contribution is 5.95. The van der Waals surface area contributed by atoms with Gasteiger partial charge in [0.2, 0.25) is 0 Å². The maximum absolute atomic E-state index is 12.4. The fraction of sp³-hybridized carbons (Fsp3) is 0.320. The fourth-order valence-corrected chi connectivity index (χ4v) is 3.72. The Kier molecular flexibility index (Phi) is 6.92. The second kappa shape index (κ2) is 10.2. The van der Waals surface area contributed by atoms with Gasteiger partial charge in [-0.15, -0.1) is 0 Å². The van der Waals surface area contributed by atoms with Gasteiger partial charge in [0.25, 0.3) is 5.91 Å². The third-order valence-corrected chi connectivity index (χ3v) is 5.59. The second-order valence-corrected chi connectivity index (χ2v) is 7.98. The van der Waals surface area contributed by atoms with Crippen molar-refractivity contribution in [2.75, 3.05) is 29.9 Å². The first kappa shape index (κ1) is 22.4. The first-order valence-corrected chi connectivity index (χ1v) is 11.0. The van der Waals surface area contributed by atoms with Gasteiger partial charge >= 0.3 is 5.97 Å². The van der Waals surface area contributed by atoms with E-state index in [2.05, 4.69) is 15.4 Å². The average Bonchev–Trinajstić information content (AvgIpc) is 3.47. The SMILES string of the molecule is Cc1noc(C)c1COc1cccc(C(=O)OCC(=O)Nc2ccc(N3CCCC3)cc2)c1. The number of benzene rings is 2. The normalized spacial score (nSPS) is 13.1. The zero-order valence-electron chi connectivity index (χ0n) is 18.8. The van der Waals surface area contributed by atoms with E-state index in [9.17, 15) is 9.59 Å². The third kappa shape index (κ3) is 5.71. The zero-order valence-corrected chi connectivity index (χ0v) is 18.8. The highest BCUT2D eigenvalue weighted by Crippen LogP contribution is 2.22. The van der Waals surface area contributed by atoms with Crippen LogP contribution in [0.25, 0.3) is 0 Å². The summed E-state index contributed by atoms with van der Waals surface area (Å²) in [6.07, 6.45) is 2.42. The second-order valence-electron chi connectivity index (χ2n) is 7.98. The van der Waals surface area contributed by atoms with Gasteiger partial charge in [0.05, 0.1) is 16.8 Å². The lowest BCUT2D eigenvalue weighted by atomic mass is 10.2. The minimum atomic E-state index is -0.600. The maximum atomic E-state index is 12.4. The van der Waals surface area contributed by atoms with Crippen LogP contribution in [0, 0.1) is 13.8 Å². The molecule has 1 fully saturated rings. The van der Waals surface area contributed by atoms with Crippen molar-refractivity contribution < 1.29 is 23.6 Å². The predicted octanol–water partition coefficient (Wildman–Crippen LogP) is 4.27. The van der Waals surface area contributed by atoms with Crippen molar-refractivity contribution in [2.45, 2.75) is 33.3 Å². The molecule has 8 heteroatoms. The number of carbonyl (C=O) groups excluding carboxylic acids is 2. The van der Waals surface area contributed by atoms with Crippen molar-refractivity contribution in [3.63, 3.8) is 0 Å². The van der Waals surface area contributed by atoms with Gasteiger partial charge in [-0.25, -0.2) is 4.79 Å². The number of nitrogens with one attached hydrogen (secondary N) is 1. The summed E-state index contributed by atoms with van der Waals surface area (Å²) < 4.78 is 16.1. The third-order valence-electron chi connectivity index (χ3n) is 5.59. The molecule has 2 heterocycles. The number of aryl methyl sites for hydroxylation is 2. The van der Waals surface area contributed by atoms with E-state index in [4.69, 9.17) is 14.0 Å². The number of carbonyl (C=O) groups is 2. The predicted molar refractivity (Wildman–Crippen MR) is 124 cm³/mol. The summed E-state index contributed by atoms with van der Waals surface area (Å²) in [6, 6.07) is 14.3. The largest absolute Gasteiger partial charge is 0.489 e. The number of anilines is 2. The number of amides is 1. The summed E-state index contributed by atoms with van der Waals surface area (Å²) >= 11 is 0. The molecule has 1 N–H and O–H groups in total. The molecule has 1 aliphatic heterocycles. The van der Waals surface area contributed by atoms with Crippen LogP contribution < -0.4 is 15.0 Å². The average molecular weight is 450 g/mol. The summed E-state index contributed by atoms with van der Waals surface area (Å²) in [4.78, 5) is 26.9. The van der Waals surface area contributed by atoms with E-state index in [0.717, 1.165) is 30.0 Å². The molecule has 1 aliphatic rings. The zero-order chi connectivity index (χ0) is 23.2. The molecule has 0 saturated carbocycles. The highest BCUT2D eigenvalue weighted by atomic mass is 16.5. The van der Waals surface area contributed by atoms with Crippen LogP contribution in [0.2, 0.25) is 0 Å². The van der Waals surface area contributed by atoms with Crippen LogP contribution in [0.15, 0.2) is 53.1 Å². The highest BCUT2D eigenvalue weighted by Gasteiger charge is 2.14. The molecule has 0 radical (unpaired) electrons. The maximum Gasteiger partial charge on any atom is 0.338 e. The van der Waals surface area contributed by atoms with Gasteiger partial charge < -0.3 is 24.2 Å². The first-order valence-electron chi connectivity index (χ1n) is 11.0. The Balaban J connectivity index is 1.26. The van der Waals surface area contributed by atoms with Crippen LogP contribution in [0.1, 0.15) is 40.2 Å². The van der Waals surface area contributed by atoms with Crippen LogP contribution in [-0.4, -0.2) is 36.7 Å². The molecule has 4 rings (SSSR count). The summed E-state index contributed by atoms with van der Waals surface area (Å²) in [6.45, 7) is 5.69. The molecule has 1 amide bonds. The van der Waals surface area contributed by atoms with E-state index in [-0.39, 0.29) is 13.2 Å². The number of hydrogen-bond donors (Lipinski definition) is 1. The molecular formula is C25H27N3O5. The molecule has 1 aromatic heterocycles. The van der Waals surface area contributed by atoms with E-state index in [1.54, 1.807) is 24.3 Å². The van der Waals surface area contributed by atoms with Crippen LogP contribution in [-0.2, 0) is 16.1 Å². The van der Waals surface area contributed by atoms with Crippen LogP contribution in [0.3, 0.4) is 0 Å². The summed E-state index contributed by atoms with van der Waals surface area (Å²) in [7, 11) is 0. The van der Waals surface area contributed by atoms with Gasteiger partial charge in [0, 0.05) is 24.5 Å². The number of nitrogens with zero attached hydrogens (tertiary/aromatic N) is 2. The molecule has 8 nitrogen and oxygen atoms in total. The van der Waals surface area contributed by atoms with Crippen LogP contribution >= 0.6 is 0 Å². The van der Waals surface area contributed by atoms with E-state index >= 15 is 0 Å². The van der Waals surface area contributed by atoms with Gasteiger partial charge in [0.15, 0.2) is 6.61 Å². The Hall–Kier alpha value is -3.81. The van der Waals surface area contributed by atoms with E-state index in [1.807, 2.05) is 38.1 Å². The Morgan fingerprint density at radius 3 is 2.55 bits per heavy atom. The minimum absolute atomic E-state index is 0.276. The van der Waals surface area contributed by atoms with Crippen molar-refractivity contribution in [3.8, 4) is 5.75 Å². The molecule has 172 valence electrons. The monoisotopic (exact) mass is 449 g/mol. The molecule has 2 aromatic carbocycles. The standard InChI is InChI=1S/C25H27N3O5/c1-17-23(18(2)33-27-17)15-31-22-7-5-6-19(14-22)25(30)32-16-24(29)26-20-8-10-21(11-9-20)28-12-3-4-13-28/h5-11,14H,3-4,12-13,15-16H2,1-2H3,(H,26,29). The summed E-state index contributed by atoms with van der Waals surface area (Å²) in [5.74, 6) is 0.201. The topological polar surface area (TPSA) is 93.9 Å². The molecule has 0 unspecified atom stereocenters. The van der Waals surface area contributed by atoms with Crippen LogP contribution in [0.4, 0.5) is 11.4 Å². The molecule has 1 saturated heterocycles. The summed E-state index contributed by atoms with van der Waals surface area (Å²) in [5.41, 5.74) is 3.74. The lowest BCUT2D eigenvalue weighted by Gasteiger charge is -2.17. The Morgan fingerprint density at radius 1 is 1.09 bits per heavy atom. The smallest absolute Gasteiger partial charge is 0.338 e. The van der Waals surface area contributed by atoms with Gasteiger partial charge in [0.1, 0.15) is 18.1 Å². The number of aromatic nitrogens is 1. The van der Waals surface area contributed by atoms with Gasteiger partial charge in [-0.2, -0.15) is 0 Å². The number of hydrogen-bond acceptors (Lipinski definition) is 7. The van der Waals surface area contributed by atoms with E-state index in [1.165, 1.54) is 12.8 Å². The molecule has 0 atom stereocenters. The first-order chi connectivity index (χ1) is 16.0. The number of ether oxygens (including phenoxy) is 2. The van der Waals surface area contributed by atoms with Gasteiger partial charge in [-0.3, -0.25) is 4.79 Å². The molecule has 3 aromatic rings. The van der Waals surface area contributed by atoms with Gasteiger partial charge in [-0.1, -0.05) is 11.2 Å². The van der Waals surface area contributed by atoms with Crippen LogP contribution in [0.5, 0.6) is 5.75 Å². The molecule has 0 bridgehead atoms. The van der Waals surface area contributed by atoms with Crippen molar-refractivity contribution in [1.29, 1.82) is 0 Å². The van der Waals surface area contributed by atoms with E-state index in [0.29, 0.717) is 22.8 Å². The molecule has 0 spiro atoms. The lowest BCUT2D eigenvalue weighted by Crippen LogP contribution is -2.21. The Labute approximate surface area is 192 Å². The van der Waals surface area contributed by atoms with E-state index < -0.39 is 11.9 Å². The summed E-state index contributed by atoms with van der Waals surface area (Å²) in [5, 5.41) is 6.65. The number of rotatable bonds is 8. The Bertz CT molecular complexity index is 1100. The molecular weight excluding hydrogens is 422 g/mol. The molecule has 0 aliphatic carbocycles. The van der Waals surface area contributed by atoms with Crippen molar-refractivity contribution in [1.82, 2.24) is 5.16 Å².